The summed E-state index contributed by atoms with van der Waals surface area (Å²) in [4.78, 5) is 11.8. The normalized spacial score (nSPS) is 10.6. The number of aromatic amines is 1. The number of carbonyl (C=O) groups excluding carboxylic acids is 1. The van der Waals surface area contributed by atoms with Crippen LogP contribution in [0.3, 0.4) is 0 Å². The lowest BCUT2D eigenvalue weighted by Gasteiger charge is -2.08. The zero-order chi connectivity index (χ0) is 15.2. The molecule has 1 aromatic heterocycles. The minimum Gasteiger partial charge on any atom is -0.375 e. The minimum absolute atomic E-state index is 0.0282. The maximum Gasteiger partial charge on any atom is 0.250 e. The zero-order valence-corrected chi connectivity index (χ0v) is 12.1. The van der Waals surface area contributed by atoms with Gasteiger partial charge in [0.2, 0.25) is 5.91 Å². The van der Waals surface area contributed by atoms with E-state index in [-0.39, 0.29) is 18.3 Å². The first kappa shape index (κ1) is 15.2. The van der Waals surface area contributed by atoms with E-state index in [4.69, 9.17) is 4.74 Å². The zero-order valence-electron chi connectivity index (χ0n) is 12.1. The number of ether oxygens (including phenoxy) is 1. The van der Waals surface area contributed by atoms with E-state index < -0.39 is 0 Å². The van der Waals surface area contributed by atoms with E-state index in [9.17, 15) is 9.18 Å². The third-order valence-corrected chi connectivity index (χ3v) is 3.00. The molecule has 112 valence electrons. The van der Waals surface area contributed by atoms with Gasteiger partial charge in [-0.25, -0.2) is 4.39 Å². The highest BCUT2D eigenvalue weighted by atomic mass is 19.1. The van der Waals surface area contributed by atoms with Crippen LogP contribution in [0, 0.1) is 5.82 Å². The van der Waals surface area contributed by atoms with Crippen LogP contribution >= 0.6 is 0 Å². The lowest BCUT2D eigenvalue weighted by molar-refractivity contribution is -0.119. The van der Waals surface area contributed by atoms with Crippen molar-refractivity contribution >= 4 is 11.6 Å². The Kier molecular flexibility index (Phi) is 5.05. The molecule has 0 spiro atoms. The molecule has 6 heteroatoms. The Morgan fingerprint density at radius 2 is 2.10 bits per heavy atom. The summed E-state index contributed by atoms with van der Waals surface area (Å²) >= 11 is 0. The number of nitrogens with zero attached hydrogens (tertiary/aromatic N) is 1. The Labute approximate surface area is 122 Å². The summed E-state index contributed by atoms with van der Waals surface area (Å²) < 4.78 is 17.8. The Morgan fingerprint density at radius 3 is 2.71 bits per heavy atom. The number of rotatable bonds is 6. The summed E-state index contributed by atoms with van der Waals surface area (Å²) in [5.41, 5.74) is 2.82. The number of amides is 1. The van der Waals surface area contributed by atoms with E-state index in [2.05, 4.69) is 15.5 Å². The highest BCUT2D eigenvalue weighted by Gasteiger charge is 2.16. The molecule has 5 nitrogen and oxygen atoms in total. The van der Waals surface area contributed by atoms with Gasteiger partial charge in [-0.05, 0) is 30.7 Å². The number of aromatic nitrogens is 2. The molecule has 0 aliphatic heterocycles. The topological polar surface area (TPSA) is 67.0 Å². The van der Waals surface area contributed by atoms with Crippen LogP contribution in [0.2, 0.25) is 0 Å². The third-order valence-electron chi connectivity index (χ3n) is 3.00. The Morgan fingerprint density at radius 1 is 1.38 bits per heavy atom. The molecule has 1 heterocycles. The lowest BCUT2D eigenvalue weighted by Crippen LogP contribution is -2.18. The third kappa shape index (κ3) is 3.66. The predicted molar refractivity (Wildman–Crippen MR) is 78.5 cm³/mol. The SMILES string of the molecule is CCCc1[nH]nc(-c2ccc(F)cc2)c1NC(=O)COC. The van der Waals surface area contributed by atoms with E-state index in [1.165, 1.54) is 19.2 Å². The molecule has 0 saturated carbocycles. The Balaban J connectivity index is 2.36. The first-order valence-electron chi connectivity index (χ1n) is 6.77. The van der Waals surface area contributed by atoms with Crippen LogP contribution in [0.4, 0.5) is 10.1 Å². The van der Waals surface area contributed by atoms with Crippen molar-refractivity contribution < 1.29 is 13.9 Å². The standard InChI is InChI=1S/C15H18FN3O2/c1-3-4-12-15(17-13(20)9-21-2)14(19-18-12)10-5-7-11(16)8-6-10/h5-8H,3-4,9H2,1-2H3,(H,17,20)(H,18,19). The molecule has 0 radical (unpaired) electrons. The summed E-state index contributed by atoms with van der Waals surface area (Å²) in [5.74, 6) is -0.562. The number of methoxy groups -OCH3 is 1. The van der Waals surface area contributed by atoms with Crippen molar-refractivity contribution in [1.29, 1.82) is 0 Å². The first-order valence-corrected chi connectivity index (χ1v) is 6.77. The van der Waals surface area contributed by atoms with Crippen LogP contribution in [0.25, 0.3) is 11.3 Å². The highest BCUT2D eigenvalue weighted by molar-refractivity contribution is 5.96. The van der Waals surface area contributed by atoms with Crippen LogP contribution in [0.5, 0.6) is 0 Å². The van der Waals surface area contributed by atoms with Crippen molar-refractivity contribution in [3.63, 3.8) is 0 Å². The molecule has 2 N–H and O–H groups in total. The van der Waals surface area contributed by atoms with Crippen LogP contribution < -0.4 is 5.32 Å². The number of halogens is 1. The van der Waals surface area contributed by atoms with Crippen molar-refractivity contribution in [2.45, 2.75) is 19.8 Å². The molecule has 0 atom stereocenters. The van der Waals surface area contributed by atoms with E-state index >= 15 is 0 Å². The van der Waals surface area contributed by atoms with Gasteiger partial charge < -0.3 is 10.1 Å². The molecule has 2 aromatic rings. The number of benzene rings is 1. The first-order chi connectivity index (χ1) is 10.2. The van der Waals surface area contributed by atoms with Gasteiger partial charge in [0.25, 0.3) is 0 Å². The van der Waals surface area contributed by atoms with Crippen molar-refractivity contribution in [2.75, 3.05) is 19.0 Å². The fourth-order valence-corrected chi connectivity index (χ4v) is 2.07. The number of aryl methyl sites for hydroxylation is 1. The molecule has 2 rings (SSSR count). The van der Waals surface area contributed by atoms with Crippen LogP contribution in [-0.2, 0) is 16.0 Å². The number of H-pyrrole nitrogens is 1. The Hall–Kier alpha value is -2.21. The van der Waals surface area contributed by atoms with Gasteiger partial charge in [-0.3, -0.25) is 9.89 Å². The summed E-state index contributed by atoms with van der Waals surface area (Å²) in [5, 5.41) is 9.99. The van der Waals surface area contributed by atoms with Gasteiger partial charge in [-0.1, -0.05) is 13.3 Å². The fraction of sp³-hybridized carbons (Fsp3) is 0.333. The van der Waals surface area contributed by atoms with Crippen LogP contribution in [0.1, 0.15) is 19.0 Å². The van der Waals surface area contributed by atoms with E-state index in [1.54, 1.807) is 12.1 Å². The van der Waals surface area contributed by atoms with Gasteiger partial charge in [-0.15, -0.1) is 0 Å². The smallest absolute Gasteiger partial charge is 0.250 e. The summed E-state index contributed by atoms with van der Waals surface area (Å²) in [6.07, 6.45) is 1.68. The van der Waals surface area contributed by atoms with E-state index in [0.717, 1.165) is 24.1 Å². The van der Waals surface area contributed by atoms with Crippen molar-refractivity contribution in [2.24, 2.45) is 0 Å². The predicted octanol–water partition coefficient (Wildman–Crippen LogP) is 2.75. The second-order valence-electron chi connectivity index (χ2n) is 4.66. The molecule has 0 bridgehead atoms. The average Bonchev–Trinajstić information content (AvgIpc) is 2.83. The van der Waals surface area contributed by atoms with Gasteiger partial charge in [0.05, 0.1) is 11.4 Å². The van der Waals surface area contributed by atoms with Crippen molar-refractivity contribution in [1.82, 2.24) is 10.2 Å². The fourth-order valence-electron chi connectivity index (χ4n) is 2.07. The van der Waals surface area contributed by atoms with E-state index in [0.29, 0.717) is 11.4 Å². The second kappa shape index (κ2) is 6.99. The molecule has 1 aromatic carbocycles. The lowest BCUT2D eigenvalue weighted by atomic mass is 10.1. The molecule has 0 fully saturated rings. The quantitative estimate of drug-likeness (QED) is 0.860. The number of nitrogens with one attached hydrogen (secondary N) is 2. The number of carbonyl (C=O) groups is 1. The number of hydrogen-bond acceptors (Lipinski definition) is 3. The van der Waals surface area contributed by atoms with Gasteiger partial charge in [0.15, 0.2) is 0 Å². The maximum atomic E-state index is 13.0. The van der Waals surface area contributed by atoms with Crippen molar-refractivity contribution in [3.8, 4) is 11.3 Å². The maximum absolute atomic E-state index is 13.0. The molecule has 0 aliphatic carbocycles. The molecule has 0 aliphatic rings. The molecule has 0 unspecified atom stereocenters. The van der Waals surface area contributed by atoms with Crippen LogP contribution in [0.15, 0.2) is 24.3 Å². The van der Waals surface area contributed by atoms with Gasteiger partial charge in [0, 0.05) is 12.7 Å². The molecular weight excluding hydrogens is 273 g/mol. The average molecular weight is 291 g/mol. The molecule has 1 amide bonds. The highest BCUT2D eigenvalue weighted by Crippen LogP contribution is 2.29. The Bertz CT molecular complexity index is 608. The number of hydrogen-bond donors (Lipinski definition) is 2. The molecular formula is C15H18FN3O2. The largest absolute Gasteiger partial charge is 0.375 e. The van der Waals surface area contributed by atoms with Gasteiger partial charge in [-0.2, -0.15) is 5.10 Å². The van der Waals surface area contributed by atoms with Crippen molar-refractivity contribution in [3.05, 3.63) is 35.8 Å². The molecule has 21 heavy (non-hydrogen) atoms. The molecule has 0 saturated heterocycles. The summed E-state index contributed by atoms with van der Waals surface area (Å²) in [6.45, 7) is 2.01. The van der Waals surface area contributed by atoms with Crippen LogP contribution in [-0.4, -0.2) is 29.8 Å². The number of anilines is 1. The van der Waals surface area contributed by atoms with Gasteiger partial charge >= 0.3 is 0 Å². The minimum atomic E-state index is -0.312. The monoisotopic (exact) mass is 291 g/mol. The second-order valence-corrected chi connectivity index (χ2v) is 4.66. The van der Waals surface area contributed by atoms with E-state index in [1.807, 2.05) is 6.92 Å². The summed E-state index contributed by atoms with van der Waals surface area (Å²) in [7, 11) is 1.46. The summed E-state index contributed by atoms with van der Waals surface area (Å²) in [6, 6.07) is 5.99. The van der Waals surface area contributed by atoms with Gasteiger partial charge in [0.1, 0.15) is 18.1 Å².